The Morgan fingerprint density at radius 1 is 1.37 bits per heavy atom. The van der Waals surface area contributed by atoms with E-state index in [2.05, 4.69) is 33.8 Å². The van der Waals surface area contributed by atoms with E-state index in [1.165, 1.54) is 0 Å². The molecule has 19 heavy (non-hydrogen) atoms. The molecule has 0 aliphatic carbocycles. The predicted octanol–water partition coefficient (Wildman–Crippen LogP) is 0.707. The highest BCUT2D eigenvalue weighted by atomic mass is 16.4. The first-order chi connectivity index (χ1) is 9.13. The number of anilines is 1. The fourth-order valence-electron chi connectivity index (χ4n) is 2.35. The number of hydrogen-bond acceptors (Lipinski definition) is 5. The van der Waals surface area contributed by atoms with Crippen molar-refractivity contribution >= 4 is 11.7 Å². The Kier molecular flexibility index (Phi) is 4.21. The molecule has 0 amide bonds. The van der Waals surface area contributed by atoms with Crippen LogP contribution in [0, 0.1) is 0 Å². The lowest BCUT2D eigenvalue weighted by atomic mass is 10.2. The zero-order valence-corrected chi connectivity index (χ0v) is 11.5. The normalized spacial score (nSPS) is 18.1. The lowest BCUT2D eigenvalue weighted by Crippen LogP contribution is -2.49. The minimum absolute atomic E-state index is 0.106. The van der Waals surface area contributed by atoms with Crippen molar-refractivity contribution < 1.29 is 5.21 Å². The highest BCUT2D eigenvalue weighted by Crippen LogP contribution is 2.19. The van der Waals surface area contributed by atoms with Gasteiger partial charge in [0.2, 0.25) is 0 Å². The van der Waals surface area contributed by atoms with Crippen molar-refractivity contribution in [3.63, 3.8) is 0 Å². The lowest BCUT2D eigenvalue weighted by Gasteiger charge is -2.38. The van der Waals surface area contributed by atoms with Crippen LogP contribution in [0.4, 0.5) is 5.82 Å². The van der Waals surface area contributed by atoms with E-state index in [-0.39, 0.29) is 5.84 Å². The van der Waals surface area contributed by atoms with E-state index >= 15 is 0 Å². The molecule has 0 unspecified atom stereocenters. The largest absolute Gasteiger partial charge is 0.409 e. The standard InChI is InChI=1S/C13H21N5O/c1-10(2)17-6-8-18(9-7-17)13-11(12(14)16-19)4-3-5-15-13/h3-5,10,19H,6-9H2,1-2H3,(H2,14,16). The molecule has 1 aliphatic heterocycles. The SMILES string of the molecule is CC(C)N1CCN(c2ncccc2/C(N)=N/O)CC1. The molecule has 0 spiro atoms. The average molecular weight is 263 g/mol. The molecule has 1 fully saturated rings. The third kappa shape index (κ3) is 2.96. The highest BCUT2D eigenvalue weighted by molar-refractivity contribution is 6.01. The molecule has 3 N–H and O–H groups in total. The van der Waals surface area contributed by atoms with E-state index in [0.717, 1.165) is 32.0 Å². The first kappa shape index (κ1) is 13.6. The van der Waals surface area contributed by atoms with Crippen molar-refractivity contribution in [3.05, 3.63) is 23.9 Å². The van der Waals surface area contributed by atoms with Gasteiger partial charge in [-0.3, -0.25) is 4.90 Å². The Hall–Kier alpha value is -1.82. The molecule has 2 rings (SSSR count). The van der Waals surface area contributed by atoms with Crippen LogP contribution < -0.4 is 10.6 Å². The van der Waals surface area contributed by atoms with Gasteiger partial charge >= 0.3 is 0 Å². The van der Waals surface area contributed by atoms with Crippen LogP contribution in [0.15, 0.2) is 23.5 Å². The molecule has 0 aromatic carbocycles. The molecular weight excluding hydrogens is 242 g/mol. The number of nitrogens with two attached hydrogens (primary N) is 1. The Morgan fingerprint density at radius 2 is 2.05 bits per heavy atom. The maximum atomic E-state index is 8.83. The van der Waals surface area contributed by atoms with Crippen molar-refractivity contribution in [2.24, 2.45) is 10.9 Å². The summed E-state index contributed by atoms with van der Waals surface area (Å²) in [5.74, 6) is 0.899. The summed E-state index contributed by atoms with van der Waals surface area (Å²) in [5.41, 5.74) is 6.38. The number of amidine groups is 1. The maximum absolute atomic E-state index is 8.83. The summed E-state index contributed by atoms with van der Waals surface area (Å²) in [6, 6.07) is 4.18. The highest BCUT2D eigenvalue weighted by Gasteiger charge is 2.22. The number of piperazine rings is 1. The van der Waals surface area contributed by atoms with E-state index in [1.54, 1.807) is 12.3 Å². The van der Waals surface area contributed by atoms with Crippen LogP contribution in [0.1, 0.15) is 19.4 Å². The van der Waals surface area contributed by atoms with Gasteiger partial charge in [0.25, 0.3) is 0 Å². The first-order valence-electron chi connectivity index (χ1n) is 6.55. The predicted molar refractivity (Wildman–Crippen MR) is 75.7 cm³/mol. The number of aromatic nitrogens is 1. The second-order valence-electron chi connectivity index (χ2n) is 4.98. The molecule has 0 saturated carbocycles. The number of oxime groups is 1. The number of rotatable bonds is 3. The maximum Gasteiger partial charge on any atom is 0.173 e. The van der Waals surface area contributed by atoms with E-state index in [0.29, 0.717) is 11.6 Å². The molecule has 1 saturated heterocycles. The van der Waals surface area contributed by atoms with Gasteiger partial charge in [-0.1, -0.05) is 5.16 Å². The summed E-state index contributed by atoms with van der Waals surface area (Å²) in [5, 5.41) is 11.9. The molecule has 2 heterocycles. The molecule has 1 aromatic heterocycles. The van der Waals surface area contributed by atoms with Crippen LogP contribution in [0.25, 0.3) is 0 Å². The molecule has 6 heteroatoms. The van der Waals surface area contributed by atoms with Gasteiger partial charge in [0.05, 0.1) is 5.56 Å². The van der Waals surface area contributed by atoms with Gasteiger partial charge in [-0.2, -0.15) is 0 Å². The number of hydrogen-bond donors (Lipinski definition) is 2. The van der Waals surface area contributed by atoms with Crippen LogP contribution >= 0.6 is 0 Å². The zero-order chi connectivity index (χ0) is 13.8. The van der Waals surface area contributed by atoms with Gasteiger partial charge < -0.3 is 15.8 Å². The fraction of sp³-hybridized carbons (Fsp3) is 0.538. The Labute approximate surface area is 113 Å². The van der Waals surface area contributed by atoms with Crippen molar-refractivity contribution in [1.29, 1.82) is 0 Å². The Balaban J connectivity index is 2.16. The average Bonchev–Trinajstić information content (AvgIpc) is 2.46. The van der Waals surface area contributed by atoms with Crippen molar-refractivity contribution in [3.8, 4) is 0 Å². The summed E-state index contributed by atoms with van der Waals surface area (Å²) in [7, 11) is 0. The van der Waals surface area contributed by atoms with E-state index in [1.807, 2.05) is 6.07 Å². The molecule has 1 aromatic rings. The molecule has 1 aliphatic rings. The summed E-state index contributed by atoms with van der Waals surface area (Å²) in [6.07, 6.45) is 1.73. The minimum Gasteiger partial charge on any atom is -0.409 e. The van der Waals surface area contributed by atoms with Crippen LogP contribution in [0.3, 0.4) is 0 Å². The summed E-state index contributed by atoms with van der Waals surface area (Å²) in [6.45, 7) is 8.23. The summed E-state index contributed by atoms with van der Waals surface area (Å²) in [4.78, 5) is 9.00. The van der Waals surface area contributed by atoms with E-state index in [9.17, 15) is 0 Å². The van der Waals surface area contributed by atoms with E-state index in [4.69, 9.17) is 10.9 Å². The van der Waals surface area contributed by atoms with Crippen LogP contribution in [-0.4, -0.2) is 53.1 Å². The third-order valence-corrected chi connectivity index (χ3v) is 3.51. The summed E-state index contributed by atoms with van der Waals surface area (Å²) < 4.78 is 0. The minimum atomic E-state index is 0.106. The van der Waals surface area contributed by atoms with Gasteiger partial charge in [0.1, 0.15) is 5.82 Å². The quantitative estimate of drug-likeness (QED) is 0.363. The summed E-state index contributed by atoms with van der Waals surface area (Å²) >= 11 is 0. The third-order valence-electron chi connectivity index (χ3n) is 3.51. The second-order valence-corrected chi connectivity index (χ2v) is 4.98. The Bertz CT molecular complexity index is 452. The smallest absolute Gasteiger partial charge is 0.173 e. The van der Waals surface area contributed by atoms with E-state index < -0.39 is 0 Å². The van der Waals surface area contributed by atoms with Gasteiger partial charge in [-0.05, 0) is 26.0 Å². The number of nitrogens with zero attached hydrogens (tertiary/aromatic N) is 4. The lowest BCUT2D eigenvalue weighted by molar-refractivity contribution is 0.209. The Morgan fingerprint density at radius 3 is 2.63 bits per heavy atom. The van der Waals surface area contributed by atoms with Crippen LogP contribution in [0.2, 0.25) is 0 Å². The number of pyridine rings is 1. The van der Waals surface area contributed by atoms with Crippen molar-refractivity contribution in [2.75, 3.05) is 31.1 Å². The van der Waals surface area contributed by atoms with Crippen molar-refractivity contribution in [2.45, 2.75) is 19.9 Å². The molecule has 6 nitrogen and oxygen atoms in total. The van der Waals surface area contributed by atoms with Gasteiger partial charge in [0.15, 0.2) is 5.84 Å². The molecular formula is C13H21N5O. The zero-order valence-electron chi connectivity index (χ0n) is 11.5. The van der Waals surface area contributed by atoms with Gasteiger partial charge in [-0.25, -0.2) is 4.98 Å². The van der Waals surface area contributed by atoms with Crippen LogP contribution in [0.5, 0.6) is 0 Å². The second kappa shape index (κ2) is 5.88. The van der Waals surface area contributed by atoms with Gasteiger partial charge in [0, 0.05) is 38.4 Å². The van der Waals surface area contributed by atoms with Gasteiger partial charge in [-0.15, -0.1) is 0 Å². The topological polar surface area (TPSA) is 78.0 Å². The molecule has 0 bridgehead atoms. The van der Waals surface area contributed by atoms with Crippen molar-refractivity contribution in [1.82, 2.24) is 9.88 Å². The first-order valence-corrected chi connectivity index (χ1v) is 6.55. The molecule has 0 radical (unpaired) electrons. The fourth-order valence-corrected chi connectivity index (χ4v) is 2.35. The molecule has 0 atom stereocenters. The monoisotopic (exact) mass is 263 g/mol. The van der Waals surface area contributed by atoms with Crippen LogP contribution in [-0.2, 0) is 0 Å². The molecule has 104 valence electrons.